The van der Waals surface area contributed by atoms with Crippen molar-refractivity contribution in [3.63, 3.8) is 0 Å². The molecule has 6 nitrogen and oxygen atoms in total. The van der Waals surface area contributed by atoms with E-state index in [1.165, 1.54) is 0 Å². The van der Waals surface area contributed by atoms with Gasteiger partial charge >= 0.3 is 0 Å². The average molecular weight is 476 g/mol. The summed E-state index contributed by atoms with van der Waals surface area (Å²) >= 11 is 9.28. The number of nitrogens with zero attached hydrogens (tertiary/aromatic N) is 1. The fourth-order valence-electron chi connectivity index (χ4n) is 2.23. The molecule has 0 radical (unpaired) electrons. The van der Waals surface area contributed by atoms with Crippen LogP contribution in [0.3, 0.4) is 0 Å². The van der Waals surface area contributed by atoms with Gasteiger partial charge in [-0.25, -0.2) is 8.42 Å². The normalized spacial score (nSPS) is 11.1. The zero-order chi connectivity index (χ0) is 20.0. The van der Waals surface area contributed by atoms with Gasteiger partial charge in [-0.3, -0.25) is 9.10 Å². The fourth-order valence-corrected chi connectivity index (χ4v) is 3.52. The number of rotatable bonds is 8. The summed E-state index contributed by atoms with van der Waals surface area (Å²) in [6.45, 7) is 2.21. The number of hydrogen-bond donors (Lipinski definition) is 1. The highest BCUT2D eigenvalue weighted by Crippen LogP contribution is 2.26. The SMILES string of the molecule is CCCOc1ccc(N(CC(=O)Nc2ccc(Br)c(Cl)c2)S(C)(=O)=O)cc1. The Kier molecular flexibility index (Phi) is 7.52. The van der Waals surface area contributed by atoms with Gasteiger partial charge in [0.05, 0.1) is 23.6 Å². The van der Waals surface area contributed by atoms with Crippen molar-refractivity contribution in [1.82, 2.24) is 0 Å². The van der Waals surface area contributed by atoms with Crippen molar-refractivity contribution >= 4 is 54.8 Å². The number of nitrogens with one attached hydrogen (secondary N) is 1. The number of benzene rings is 2. The summed E-state index contributed by atoms with van der Waals surface area (Å²) in [6.07, 6.45) is 1.93. The lowest BCUT2D eigenvalue weighted by atomic mass is 10.3. The number of halogens is 2. The Morgan fingerprint density at radius 2 is 1.89 bits per heavy atom. The summed E-state index contributed by atoms with van der Waals surface area (Å²) in [5.74, 6) is 0.160. The summed E-state index contributed by atoms with van der Waals surface area (Å²) in [5, 5.41) is 3.09. The topological polar surface area (TPSA) is 75.7 Å². The second-order valence-corrected chi connectivity index (χ2v) is 8.96. The quantitative estimate of drug-likeness (QED) is 0.618. The van der Waals surface area contributed by atoms with E-state index in [-0.39, 0.29) is 6.54 Å². The molecule has 1 N–H and O–H groups in total. The standard InChI is InChI=1S/C18H20BrClN2O4S/c1-3-10-26-15-7-5-14(6-8-15)22(27(2,24)25)12-18(23)21-13-4-9-16(19)17(20)11-13/h4-9,11H,3,10,12H2,1-2H3,(H,21,23). The minimum atomic E-state index is -3.65. The molecule has 27 heavy (non-hydrogen) atoms. The molecule has 0 heterocycles. The molecule has 0 fully saturated rings. The minimum Gasteiger partial charge on any atom is -0.494 e. The van der Waals surface area contributed by atoms with Gasteiger partial charge in [0, 0.05) is 10.2 Å². The molecule has 9 heteroatoms. The van der Waals surface area contributed by atoms with Crippen molar-refractivity contribution in [2.45, 2.75) is 13.3 Å². The number of sulfonamides is 1. The average Bonchev–Trinajstić information content (AvgIpc) is 2.61. The van der Waals surface area contributed by atoms with E-state index in [0.29, 0.717) is 33.2 Å². The van der Waals surface area contributed by atoms with E-state index in [1.54, 1.807) is 42.5 Å². The van der Waals surface area contributed by atoms with Crippen LogP contribution in [-0.4, -0.2) is 33.7 Å². The number of hydrogen-bond acceptors (Lipinski definition) is 4. The highest BCUT2D eigenvalue weighted by molar-refractivity contribution is 9.10. The van der Waals surface area contributed by atoms with E-state index >= 15 is 0 Å². The third-order valence-electron chi connectivity index (χ3n) is 3.49. The maximum atomic E-state index is 12.4. The Morgan fingerprint density at radius 3 is 2.44 bits per heavy atom. The number of amides is 1. The molecule has 2 aromatic rings. The first-order valence-corrected chi connectivity index (χ1v) is 11.2. The van der Waals surface area contributed by atoms with Gasteiger partial charge in [-0.15, -0.1) is 0 Å². The number of ether oxygens (including phenoxy) is 1. The van der Waals surface area contributed by atoms with Crippen LogP contribution in [-0.2, 0) is 14.8 Å². The van der Waals surface area contributed by atoms with Gasteiger partial charge in [-0.2, -0.15) is 0 Å². The molecule has 2 aromatic carbocycles. The first kappa shape index (κ1) is 21.5. The summed E-state index contributed by atoms with van der Waals surface area (Å²) in [7, 11) is -3.65. The molecule has 0 saturated carbocycles. The van der Waals surface area contributed by atoms with Crippen LogP contribution < -0.4 is 14.4 Å². The Morgan fingerprint density at radius 1 is 1.22 bits per heavy atom. The van der Waals surface area contributed by atoms with Gasteiger partial charge in [0.2, 0.25) is 15.9 Å². The van der Waals surface area contributed by atoms with E-state index in [2.05, 4.69) is 21.2 Å². The molecule has 0 aliphatic carbocycles. The number of carbonyl (C=O) groups excluding carboxylic acids is 1. The third kappa shape index (κ3) is 6.41. The fraction of sp³-hybridized carbons (Fsp3) is 0.278. The van der Waals surface area contributed by atoms with Crippen molar-refractivity contribution in [3.8, 4) is 5.75 Å². The molecule has 0 bridgehead atoms. The maximum absolute atomic E-state index is 12.4. The van der Waals surface area contributed by atoms with Crippen molar-refractivity contribution < 1.29 is 17.9 Å². The van der Waals surface area contributed by atoms with Gasteiger partial charge in [-0.05, 0) is 64.8 Å². The smallest absolute Gasteiger partial charge is 0.245 e. The molecule has 0 aliphatic rings. The highest BCUT2D eigenvalue weighted by atomic mass is 79.9. The molecule has 0 unspecified atom stereocenters. The van der Waals surface area contributed by atoms with Crippen molar-refractivity contribution in [2.24, 2.45) is 0 Å². The summed E-state index contributed by atoms with van der Waals surface area (Å²) in [5.41, 5.74) is 0.857. The van der Waals surface area contributed by atoms with E-state index in [4.69, 9.17) is 16.3 Å². The molecular formula is C18H20BrClN2O4S. The van der Waals surface area contributed by atoms with Crippen molar-refractivity contribution in [2.75, 3.05) is 29.0 Å². The van der Waals surface area contributed by atoms with Crippen molar-refractivity contribution in [1.29, 1.82) is 0 Å². The molecule has 0 saturated heterocycles. The van der Waals surface area contributed by atoms with E-state index in [1.807, 2.05) is 6.92 Å². The second-order valence-electron chi connectivity index (χ2n) is 5.79. The van der Waals surface area contributed by atoms with Crippen LogP contribution in [0.2, 0.25) is 5.02 Å². The highest BCUT2D eigenvalue weighted by Gasteiger charge is 2.21. The predicted molar refractivity (Wildman–Crippen MR) is 112 cm³/mol. The second kappa shape index (κ2) is 9.43. The Labute approximate surface area is 172 Å². The first-order chi connectivity index (χ1) is 12.7. The summed E-state index contributed by atoms with van der Waals surface area (Å²) in [4.78, 5) is 12.4. The molecule has 0 aromatic heterocycles. The van der Waals surface area contributed by atoms with Crippen LogP contribution in [0.25, 0.3) is 0 Å². The maximum Gasteiger partial charge on any atom is 0.245 e. The van der Waals surface area contributed by atoms with Crippen LogP contribution in [0.1, 0.15) is 13.3 Å². The van der Waals surface area contributed by atoms with Gasteiger partial charge in [0.25, 0.3) is 0 Å². The minimum absolute atomic E-state index is 0.359. The zero-order valence-electron chi connectivity index (χ0n) is 14.9. The lowest BCUT2D eigenvalue weighted by Gasteiger charge is -2.22. The molecule has 146 valence electrons. The number of carbonyl (C=O) groups is 1. The molecule has 0 spiro atoms. The molecular weight excluding hydrogens is 456 g/mol. The van der Waals surface area contributed by atoms with Crippen LogP contribution in [0.4, 0.5) is 11.4 Å². The van der Waals surface area contributed by atoms with Gasteiger partial charge in [0.1, 0.15) is 12.3 Å². The Balaban J connectivity index is 2.14. The van der Waals surface area contributed by atoms with Gasteiger partial charge in [0.15, 0.2) is 0 Å². The summed E-state index contributed by atoms with van der Waals surface area (Å²) < 4.78 is 31.6. The Hall–Kier alpha value is -1.77. The van der Waals surface area contributed by atoms with Crippen LogP contribution in [0, 0.1) is 0 Å². The van der Waals surface area contributed by atoms with E-state index in [0.717, 1.165) is 17.0 Å². The lowest BCUT2D eigenvalue weighted by molar-refractivity contribution is -0.114. The van der Waals surface area contributed by atoms with Gasteiger partial charge in [-0.1, -0.05) is 18.5 Å². The Bertz CT molecular complexity index is 904. The molecule has 2 rings (SSSR count). The van der Waals surface area contributed by atoms with Crippen LogP contribution in [0.5, 0.6) is 5.75 Å². The summed E-state index contributed by atoms with van der Waals surface area (Å²) in [6, 6.07) is 11.5. The number of anilines is 2. The largest absolute Gasteiger partial charge is 0.494 e. The van der Waals surface area contributed by atoms with Crippen LogP contribution in [0.15, 0.2) is 46.9 Å². The van der Waals surface area contributed by atoms with E-state index in [9.17, 15) is 13.2 Å². The van der Waals surface area contributed by atoms with Gasteiger partial charge < -0.3 is 10.1 Å². The van der Waals surface area contributed by atoms with Crippen molar-refractivity contribution in [3.05, 3.63) is 52.0 Å². The van der Waals surface area contributed by atoms with E-state index < -0.39 is 15.9 Å². The zero-order valence-corrected chi connectivity index (χ0v) is 18.1. The lowest BCUT2D eigenvalue weighted by Crippen LogP contribution is -2.37. The van der Waals surface area contributed by atoms with Crippen LogP contribution >= 0.6 is 27.5 Å². The molecule has 0 aliphatic heterocycles. The molecule has 0 atom stereocenters. The third-order valence-corrected chi connectivity index (χ3v) is 5.86. The predicted octanol–water partition coefficient (Wildman–Crippen LogP) is 4.30. The monoisotopic (exact) mass is 474 g/mol. The molecule has 1 amide bonds. The first-order valence-electron chi connectivity index (χ1n) is 8.16.